The lowest BCUT2D eigenvalue weighted by molar-refractivity contribution is 0.0342. The van der Waals surface area contributed by atoms with Gasteiger partial charge in [0.2, 0.25) is 0 Å². The highest BCUT2D eigenvalue weighted by molar-refractivity contribution is 6.31. The fraction of sp³-hybridized carbons (Fsp3) is 0.278. The van der Waals surface area contributed by atoms with Crippen molar-refractivity contribution >= 4 is 23.2 Å². The summed E-state index contributed by atoms with van der Waals surface area (Å²) in [4.78, 5) is 14.7. The Balaban J connectivity index is 1.68. The van der Waals surface area contributed by atoms with Gasteiger partial charge in [-0.1, -0.05) is 23.7 Å². The van der Waals surface area contributed by atoms with Gasteiger partial charge in [-0.2, -0.15) is 0 Å². The Bertz CT molecular complexity index is 733. The number of morpholine rings is 1. The Hall–Kier alpha value is -1.95. The third kappa shape index (κ3) is 4.32. The summed E-state index contributed by atoms with van der Waals surface area (Å²) in [5.41, 5.74) is 2.09. The number of nitrogens with one attached hydrogen (secondary N) is 1. The van der Waals surface area contributed by atoms with Gasteiger partial charge in [-0.25, -0.2) is 4.39 Å². The van der Waals surface area contributed by atoms with Gasteiger partial charge in [0.15, 0.2) is 0 Å². The molecular formula is C18H18ClFN2O2. The summed E-state index contributed by atoms with van der Waals surface area (Å²) in [5.74, 6) is -0.760. The van der Waals surface area contributed by atoms with E-state index in [-0.39, 0.29) is 10.9 Å². The first kappa shape index (κ1) is 16.9. The minimum atomic E-state index is -0.512. The van der Waals surface area contributed by atoms with E-state index in [1.807, 2.05) is 18.2 Å². The van der Waals surface area contributed by atoms with Gasteiger partial charge < -0.3 is 10.1 Å². The highest BCUT2D eigenvalue weighted by Gasteiger charge is 2.12. The van der Waals surface area contributed by atoms with Crippen molar-refractivity contribution in [3.05, 3.63) is 64.4 Å². The molecule has 0 radical (unpaired) electrons. The molecule has 0 saturated carbocycles. The molecule has 24 heavy (non-hydrogen) atoms. The van der Waals surface area contributed by atoms with Crippen LogP contribution in [-0.2, 0) is 11.3 Å². The Morgan fingerprint density at radius 3 is 2.75 bits per heavy atom. The topological polar surface area (TPSA) is 41.6 Å². The van der Waals surface area contributed by atoms with Crippen LogP contribution >= 0.6 is 11.6 Å². The van der Waals surface area contributed by atoms with Gasteiger partial charge in [-0.15, -0.1) is 0 Å². The van der Waals surface area contributed by atoms with Crippen LogP contribution in [0.15, 0.2) is 42.5 Å². The lowest BCUT2D eigenvalue weighted by Crippen LogP contribution is -2.35. The van der Waals surface area contributed by atoms with E-state index in [4.69, 9.17) is 16.3 Å². The van der Waals surface area contributed by atoms with Gasteiger partial charge in [-0.05, 0) is 35.9 Å². The molecule has 0 unspecified atom stereocenters. The number of ether oxygens (including phenoxy) is 1. The zero-order chi connectivity index (χ0) is 16.9. The first-order chi connectivity index (χ1) is 11.6. The summed E-state index contributed by atoms with van der Waals surface area (Å²) in [5, 5.41) is 2.71. The Labute approximate surface area is 145 Å². The minimum Gasteiger partial charge on any atom is -0.379 e. The number of benzene rings is 2. The molecule has 1 aliphatic rings. The summed E-state index contributed by atoms with van der Waals surface area (Å²) in [6.07, 6.45) is 0. The Morgan fingerprint density at radius 1 is 1.21 bits per heavy atom. The molecule has 0 bridgehead atoms. The molecule has 1 fully saturated rings. The third-order valence-electron chi connectivity index (χ3n) is 3.88. The molecule has 126 valence electrons. The molecule has 0 spiro atoms. The predicted octanol–water partition coefficient (Wildman–Crippen LogP) is 3.56. The van der Waals surface area contributed by atoms with Crippen molar-refractivity contribution in [1.29, 1.82) is 0 Å². The zero-order valence-corrected chi connectivity index (χ0v) is 13.9. The number of halogens is 2. The number of rotatable bonds is 4. The van der Waals surface area contributed by atoms with E-state index in [2.05, 4.69) is 10.2 Å². The number of hydrogen-bond donors (Lipinski definition) is 1. The van der Waals surface area contributed by atoms with Crippen LogP contribution in [0.1, 0.15) is 15.9 Å². The number of amides is 1. The molecule has 1 aliphatic heterocycles. The fourth-order valence-electron chi connectivity index (χ4n) is 2.61. The fourth-order valence-corrected chi connectivity index (χ4v) is 2.79. The van der Waals surface area contributed by atoms with E-state index in [1.54, 1.807) is 6.07 Å². The van der Waals surface area contributed by atoms with Gasteiger partial charge >= 0.3 is 0 Å². The van der Waals surface area contributed by atoms with E-state index < -0.39 is 5.82 Å². The van der Waals surface area contributed by atoms with Gasteiger partial charge in [0.25, 0.3) is 5.91 Å². The van der Waals surface area contributed by atoms with Crippen molar-refractivity contribution in [2.45, 2.75) is 6.54 Å². The quantitative estimate of drug-likeness (QED) is 0.918. The lowest BCUT2D eigenvalue weighted by Gasteiger charge is -2.26. The maximum atomic E-state index is 13.2. The van der Waals surface area contributed by atoms with E-state index in [0.29, 0.717) is 11.3 Å². The van der Waals surface area contributed by atoms with Gasteiger partial charge in [0.1, 0.15) is 5.82 Å². The van der Waals surface area contributed by atoms with E-state index >= 15 is 0 Å². The van der Waals surface area contributed by atoms with Crippen LogP contribution in [0.4, 0.5) is 10.1 Å². The van der Waals surface area contributed by atoms with Crippen molar-refractivity contribution < 1.29 is 13.9 Å². The SMILES string of the molecule is O=C(Nc1ccc(F)c(Cl)c1)c1cccc(CN2CCOCC2)c1. The van der Waals surface area contributed by atoms with Crippen molar-refractivity contribution in [3.8, 4) is 0 Å². The maximum Gasteiger partial charge on any atom is 0.255 e. The van der Waals surface area contributed by atoms with Crippen LogP contribution < -0.4 is 5.32 Å². The largest absolute Gasteiger partial charge is 0.379 e. The van der Waals surface area contributed by atoms with Crippen LogP contribution in [-0.4, -0.2) is 37.1 Å². The van der Waals surface area contributed by atoms with Crippen LogP contribution in [0.5, 0.6) is 0 Å². The molecule has 1 amide bonds. The van der Waals surface area contributed by atoms with Gasteiger partial charge in [-0.3, -0.25) is 9.69 Å². The van der Waals surface area contributed by atoms with Crippen molar-refractivity contribution in [3.63, 3.8) is 0 Å². The molecule has 6 heteroatoms. The first-order valence-electron chi connectivity index (χ1n) is 7.77. The molecule has 2 aromatic rings. The molecule has 1 heterocycles. The van der Waals surface area contributed by atoms with Crippen molar-refractivity contribution in [1.82, 2.24) is 4.90 Å². The number of carbonyl (C=O) groups excluding carboxylic acids is 1. The number of anilines is 1. The first-order valence-corrected chi connectivity index (χ1v) is 8.15. The zero-order valence-electron chi connectivity index (χ0n) is 13.1. The monoisotopic (exact) mass is 348 g/mol. The van der Waals surface area contributed by atoms with Crippen molar-refractivity contribution in [2.24, 2.45) is 0 Å². The van der Waals surface area contributed by atoms with Crippen LogP contribution in [0.25, 0.3) is 0 Å². The number of carbonyl (C=O) groups is 1. The smallest absolute Gasteiger partial charge is 0.255 e. The van der Waals surface area contributed by atoms with E-state index in [9.17, 15) is 9.18 Å². The summed E-state index contributed by atoms with van der Waals surface area (Å²) in [6, 6.07) is 11.6. The van der Waals surface area contributed by atoms with E-state index in [1.165, 1.54) is 18.2 Å². The van der Waals surface area contributed by atoms with Gasteiger partial charge in [0, 0.05) is 30.9 Å². The Morgan fingerprint density at radius 2 is 2.00 bits per heavy atom. The summed E-state index contributed by atoms with van der Waals surface area (Å²) in [7, 11) is 0. The van der Waals surface area contributed by atoms with Crippen molar-refractivity contribution in [2.75, 3.05) is 31.6 Å². The predicted molar refractivity (Wildman–Crippen MR) is 91.9 cm³/mol. The second-order valence-electron chi connectivity index (χ2n) is 5.67. The molecule has 2 aromatic carbocycles. The summed E-state index contributed by atoms with van der Waals surface area (Å²) in [6.45, 7) is 4.05. The normalized spacial score (nSPS) is 15.2. The van der Waals surface area contributed by atoms with Gasteiger partial charge in [0.05, 0.1) is 18.2 Å². The average molecular weight is 349 g/mol. The molecule has 0 aromatic heterocycles. The number of hydrogen-bond acceptors (Lipinski definition) is 3. The molecule has 3 rings (SSSR count). The van der Waals surface area contributed by atoms with E-state index in [0.717, 1.165) is 38.4 Å². The standard InChI is InChI=1S/C18H18ClFN2O2/c19-16-11-15(4-5-17(16)20)21-18(23)14-3-1-2-13(10-14)12-22-6-8-24-9-7-22/h1-5,10-11H,6-9,12H2,(H,21,23). The highest BCUT2D eigenvalue weighted by Crippen LogP contribution is 2.20. The van der Waals surface area contributed by atoms with Crippen LogP contribution in [0.3, 0.4) is 0 Å². The maximum absolute atomic E-state index is 13.2. The molecule has 4 nitrogen and oxygen atoms in total. The molecule has 0 aliphatic carbocycles. The average Bonchev–Trinajstić information content (AvgIpc) is 2.59. The molecule has 1 N–H and O–H groups in total. The second-order valence-corrected chi connectivity index (χ2v) is 6.08. The van der Waals surface area contributed by atoms with Crippen LogP contribution in [0, 0.1) is 5.82 Å². The molecule has 1 saturated heterocycles. The van der Waals surface area contributed by atoms with Crippen LogP contribution in [0.2, 0.25) is 5.02 Å². The second kappa shape index (κ2) is 7.75. The minimum absolute atomic E-state index is 0.0196. The lowest BCUT2D eigenvalue weighted by atomic mass is 10.1. The summed E-state index contributed by atoms with van der Waals surface area (Å²) >= 11 is 5.73. The highest BCUT2D eigenvalue weighted by atomic mass is 35.5. The Kier molecular flexibility index (Phi) is 5.45. The number of nitrogens with zero attached hydrogens (tertiary/aromatic N) is 1. The summed E-state index contributed by atoms with van der Waals surface area (Å²) < 4.78 is 18.5. The third-order valence-corrected chi connectivity index (χ3v) is 4.17. The molecular weight excluding hydrogens is 331 g/mol. The molecule has 0 atom stereocenters.